The first-order valence-electron chi connectivity index (χ1n) is 13.5. The predicted molar refractivity (Wildman–Crippen MR) is 146 cm³/mol. The summed E-state index contributed by atoms with van der Waals surface area (Å²) in [7, 11) is 0. The Labute approximate surface area is 229 Å². The molecule has 0 aliphatic carbocycles. The average molecular weight is 536 g/mol. The molecule has 3 aliphatic rings. The number of piperazine rings is 1. The summed E-state index contributed by atoms with van der Waals surface area (Å²) in [4.78, 5) is 43.9. The van der Waals surface area contributed by atoms with E-state index in [-0.39, 0.29) is 18.0 Å². The van der Waals surface area contributed by atoms with Gasteiger partial charge in [0.25, 0.3) is 5.91 Å². The minimum Gasteiger partial charge on any atom is -0.478 e. The summed E-state index contributed by atoms with van der Waals surface area (Å²) in [5.74, 6) is 0.111. The molecule has 2 amide bonds. The molecule has 9 heteroatoms. The van der Waals surface area contributed by atoms with E-state index in [0.29, 0.717) is 57.0 Å². The van der Waals surface area contributed by atoms with E-state index >= 15 is 0 Å². The first-order valence-corrected chi connectivity index (χ1v) is 13.5. The maximum atomic E-state index is 13.5. The Morgan fingerprint density at radius 2 is 1.54 bits per heavy atom. The highest BCUT2D eigenvalue weighted by atomic mass is 16.6. The summed E-state index contributed by atoms with van der Waals surface area (Å²) in [6, 6.07) is 15.1. The fraction of sp³-hybridized carbons (Fsp3) is 0.500. The third kappa shape index (κ3) is 5.40. The van der Waals surface area contributed by atoms with E-state index in [1.54, 1.807) is 29.7 Å². The van der Waals surface area contributed by atoms with Crippen molar-refractivity contribution in [3.63, 3.8) is 0 Å². The fourth-order valence-electron chi connectivity index (χ4n) is 5.52. The van der Waals surface area contributed by atoms with Crippen molar-refractivity contribution in [3.8, 4) is 5.75 Å². The Kier molecular flexibility index (Phi) is 6.73. The number of likely N-dealkylation sites (tertiary alicyclic amines) is 1. The average Bonchev–Trinajstić information content (AvgIpc) is 3.44. The molecule has 0 aromatic heterocycles. The molecule has 2 saturated heterocycles. The quantitative estimate of drug-likeness (QED) is 0.542. The number of carbonyl (C=O) groups excluding carboxylic acids is 3. The van der Waals surface area contributed by atoms with Gasteiger partial charge in [-0.05, 0) is 65.0 Å². The van der Waals surface area contributed by atoms with Gasteiger partial charge in [-0.3, -0.25) is 4.79 Å². The van der Waals surface area contributed by atoms with Crippen LogP contribution >= 0.6 is 0 Å². The Balaban J connectivity index is 1.17. The molecule has 2 fully saturated rings. The van der Waals surface area contributed by atoms with Crippen molar-refractivity contribution in [2.24, 2.45) is 0 Å². The lowest BCUT2D eigenvalue weighted by molar-refractivity contribution is -0.145. The van der Waals surface area contributed by atoms with Crippen molar-refractivity contribution >= 4 is 23.7 Å². The van der Waals surface area contributed by atoms with Crippen LogP contribution in [0.1, 0.15) is 57.0 Å². The van der Waals surface area contributed by atoms with E-state index < -0.39 is 16.8 Å². The van der Waals surface area contributed by atoms with E-state index in [1.165, 1.54) is 0 Å². The molecule has 0 N–H and O–H groups in total. The van der Waals surface area contributed by atoms with Crippen LogP contribution in [0.5, 0.6) is 5.75 Å². The molecule has 1 atom stereocenters. The smallest absolute Gasteiger partial charge is 0.410 e. The summed E-state index contributed by atoms with van der Waals surface area (Å²) in [6.07, 6.45) is 0.282. The van der Waals surface area contributed by atoms with Crippen LogP contribution < -0.4 is 9.64 Å². The van der Waals surface area contributed by atoms with Gasteiger partial charge in [-0.2, -0.15) is 0 Å². The van der Waals surface area contributed by atoms with Gasteiger partial charge in [-0.1, -0.05) is 18.2 Å². The standard InChI is InChI=1S/C30H37N3O6/c1-28(2,3)39-27(36)32-18-16-31(17-19-32)21-10-12-22(13-11-21)37-29(4,5)26(35)33-15-14-30(20-33)24-9-7-6-8-23(24)25(34)38-30/h6-13H,14-20H2,1-5H3/t30-/m0/s1. The van der Waals surface area contributed by atoms with Gasteiger partial charge >= 0.3 is 12.1 Å². The largest absolute Gasteiger partial charge is 0.478 e. The number of ether oxygens (including phenoxy) is 3. The Bertz CT molecular complexity index is 1260. The molecule has 3 aliphatic heterocycles. The lowest BCUT2D eigenvalue weighted by Gasteiger charge is -2.37. The van der Waals surface area contributed by atoms with Gasteiger partial charge in [0, 0.05) is 50.4 Å². The number of esters is 1. The van der Waals surface area contributed by atoms with E-state index in [0.717, 1.165) is 11.3 Å². The molecule has 0 bridgehead atoms. The first kappa shape index (κ1) is 26.8. The minimum atomic E-state index is -1.10. The van der Waals surface area contributed by atoms with Crippen LogP contribution in [0.25, 0.3) is 0 Å². The lowest BCUT2D eigenvalue weighted by Crippen LogP contribution is -2.50. The molecule has 5 rings (SSSR count). The van der Waals surface area contributed by atoms with Gasteiger partial charge in [-0.25, -0.2) is 9.59 Å². The second-order valence-corrected chi connectivity index (χ2v) is 12.0. The van der Waals surface area contributed by atoms with Crippen molar-refractivity contribution in [2.75, 3.05) is 44.2 Å². The number of amides is 2. The van der Waals surface area contributed by atoms with Gasteiger partial charge < -0.3 is 28.9 Å². The molecular weight excluding hydrogens is 498 g/mol. The highest BCUT2D eigenvalue weighted by Crippen LogP contribution is 2.43. The molecule has 3 heterocycles. The third-order valence-corrected chi connectivity index (χ3v) is 7.47. The van der Waals surface area contributed by atoms with Crippen LogP contribution in [0.2, 0.25) is 0 Å². The molecule has 2 aromatic rings. The molecular formula is C30H37N3O6. The number of benzene rings is 2. The Morgan fingerprint density at radius 3 is 2.21 bits per heavy atom. The third-order valence-electron chi connectivity index (χ3n) is 7.47. The molecule has 39 heavy (non-hydrogen) atoms. The second-order valence-electron chi connectivity index (χ2n) is 12.0. The number of anilines is 1. The molecule has 2 aromatic carbocycles. The van der Waals surface area contributed by atoms with Gasteiger partial charge in [-0.15, -0.1) is 0 Å². The van der Waals surface area contributed by atoms with Crippen LogP contribution in [0.4, 0.5) is 10.5 Å². The number of fused-ring (bicyclic) bond motifs is 2. The summed E-state index contributed by atoms with van der Waals surface area (Å²) in [6.45, 7) is 12.5. The van der Waals surface area contributed by atoms with Crippen LogP contribution in [-0.2, 0) is 19.9 Å². The summed E-state index contributed by atoms with van der Waals surface area (Å²) in [5, 5.41) is 0. The SMILES string of the molecule is CC(C)(C)OC(=O)N1CCN(c2ccc(OC(C)(C)C(=O)N3CC[C@@]4(C3)OC(=O)c3ccccc34)cc2)CC1. The highest BCUT2D eigenvalue weighted by Gasteiger charge is 2.52. The van der Waals surface area contributed by atoms with E-state index in [1.807, 2.05) is 63.2 Å². The van der Waals surface area contributed by atoms with Crippen molar-refractivity contribution in [3.05, 3.63) is 59.7 Å². The normalized spacial score (nSPS) is 21.2. The Morgan fingerprint density at radius 1 is 0.872 bits per heavy atom. The first-order chi connectivity index (χ1) is 18.4. The van der Waals surface area contributed by atoms with Crippen LogP contribution in [0, 0.1) is 0 Å². The van der Waals surface area contributed by atoms with Crippen LogP contribution in [-0.4, -0.2) is 78.2 Å². The van der Waals surface area contributed by atoms with Crippen molar-refractivity contribution in [1.82, 2.24) is 9.80 Å². The number of carbonyl (C=O) groups is 3. The zero-order chi connectivity index (χ0) is 28.0. The van der Waals surface area contributed by atoms with Crippen molar-refractivity contribution < 1.29 is 28.6 Å². The van der Waals surface area contributed by atoms with Gasteiger partial charge in [0.2, 0.25) is 0 Å². The zero-order valence-electron chi connectivity index (χ0n) is 23.4. The van der Waals surface area contributed by atoms with E-state index in [2.05, 4.69) is 4.90 Å². The van der Waals surface area contributed by atoms with Gasteiger partial charge in [0.05, 0.1) is 12.1 Å². The summed E-state index contributed by atoms with van der Waals surface area (Å²) < 4.78 is 17.4. The number of hydrogen-bond acceptors (Lipinski definition) is 7. The van der Waals surface area contributed by atoms with E-state index in [9.17, 15) is 14.4 Å². The highest BCUT2D eigenvalue weighted by molar-refractivity contribution is 5.95. The fourth-order valence-corrected chi connectivity index (χ4v) is 5.52. The molecule has 0 saturated carbocycles. The topological polar surface area (TPSA) is 88.6 Å². The van der Waals surface area contributed by atoms with Gasteiger partial charge in [0.15, 0.2) is 11.2 Å². The van der Waals surface area contributed by atoms with Crippen LogP contribution in [0.3, 0.4) is 0 Å². The van der Waals surface area contributed by atoms with Crippen molar-refractivity contribution in [2.45, 2.75) is 57.8 Å². The summed E-state index contributed by atoms with van der Waals surface area (Å²) >= 11 is 0. The van der Waals surface area contributed by atoms with Crippen LogP contribution in [0.15, 0.2) is 48.5 Å². The molecule has 0 unspecified atom stereocenters. The monoisotopic (exact) mass is 535 g/mol. The Hall–Kier alpha value is -3.75. The van der Waals surface area contributed by atoms with Crippen molar-refractivity contribution in [1.29, 1.82) is 0 Å². The predicted octanol–water partition coefficient (Wildman–Crippen LogP) is 4.20. The molecule has 0 radical (unpaired) electrons. The molecule has 1 spiro atoms. The number of rotatable bonds is 4. The maximum absolute atomic E-state index is 13.5. The second kappa shape index (κ2) is 9.77. The molecule has 208 valence electrons. The zero-order valence-corrected chi connectivity index (χ0v) is 23.4. The molecule has 9 nitrogen and oxygen atoms in total. The summed E-state index contributed by atoms with van der Waals surface area (Å²) in [5.41, 5.74) is 0.0613. The number of nitrogens with zero attached hydrogens (tertiary/aromatic N) is 3. The van der Waals surface area contributed by atoms with E-state index in [4.69, 9.17) is 14.2 Å². The lowest BCUT2D eigenvalue weighted by atomic mass is 9.91. The minimum absolute atomic E-state index is 0.151. The van der Waals surface area contributed by atoms with Gasteiger partial charge in [0.1, 0.15) is 11.4 Å². The number of hydrogen-bond donors (Lipinski definition) is 0. The maximum Gasteiger partial charge on any atom is 0.410 e.